The van der Waals surface area contributed by atoms with Crippen LogP contribution in [0.2, 0.25) is 0 Å². The molecule has 1 saturated heterocycles. The molecule has 0 amide bonds. The standard InChI is InChI=1S/C8H15NO2S/c1-5(2)7-9-6(4-12-7)8(10)11-3/h5-7,9H,4H2,1-3H3/t6-,7+/m0/s1. The normalized spacial score (nSPS) is 29.3. The zero-order valence-electron chi connectivity index (χ0n) is 7.66. The summed E-state index contributed by atoms with van der Waals surface area (Å²) in [6.45, 7) is 4.29. The molecule has 0 saturated carbocycles. The Hall–Kier alpha value is -0.220. The van der Waals surface area contributed by atoms with Gasteiger partial charge >= 0.3 is 5.97 Å². The zero-order chi connectivity index (χ0) is 9.14. The van der Waals surface area contributed by atoms with Crippen LogP contribution in [0.25, 0.3) is 0 Å². The minimum absolute atomic E-state index is 0.104. The summed E-state index contributed by atoms with van der Waals surface area (Å²) in [5, 5.41) is 3.63. The Bertz CT molecular complexity index is 172. The average molecular weight is 189 g/mol. The summed E-state index contributed by atoms with van der Waals surface area (Å²) in [6, 6.07) is -0.104. The van der Waals surface area contributed by atoms with Gasteiger partial charge in [0.05, 0.1) is 12.5 Å². The highest BCUT2D eigenvalue weighted by Gasteiger charge is 2.31. The van der Waals surface area contributed by atoms with Crippen molar-refractivity contribution in [3.63, 3.8) is 0 Å². The molecule has 70 valence electrons. The van der Waals surface area contributed by atoms with Gasteiger partial charge in [-0.2, -0.15) is 0 Å². The van der Waals surface area contributed by atoms with E-state index in [9.17, 15) is 4.79 Å². The second kappa shape index (κ2) is 4.14. The molecule has 1 aliphatic heterocycles. The maximum absolute atomic E-state index is 11.1. The Morgan fingerprint density at radius 3 is 2.75 bits per heavy atom. The van der Waals surface area contributed by atoms with Crippen LogP contribution in [0.3, 0.4) is 0 Å². The van der Waals surface area contributed by atoms with Crippen molar-refractivity contribution in [1.82, 2.24) is 5.32 Å². The Balaban J connectivity index is 2.40. The van der Waals surface area contributed by atoms with Crippen molar-refractivity contribution in [2.45, 2.75) is 25.3 Å². The van der Waals surface area contributed by atoms with E-state index in [1.807, 2.05) is 0 Å². The first-order valence-corrected chi connectivity index (χ1v) is 5.15. The van der Waals surface area contributed by atoms with Gasteiger partial charge in [-0.05, 0) is 5.92 Å². The number of carbonyl (C=O) groups excluding carboxylic acids is 1. The molecule has 4 heteroatoms. The predicted molar refractivity (Wildman–Crippen MR) is 50.0 cm³/mol. The Morgan fingerprint density at radius 1 is 1.67 bits per heavy atom. The largest absolute Gasteiger partial charge is 0.468 e. The van der Waals surface area contributed by atoms with Crippen molar-refractivity contribution in [3.05, 3.63) is 0 Å². The molecule has 12 heavy (non-hydrogen) atoms. The number of nitrogens with one attached hydrogen (secondary N) is 1. The smallest absolute Gasteiger partial charge is 0.323 e. The second-order valence-electron chi connectivity index (χ2n) is 3.24. The lowest BCUT2D eigenvalue weighted by atomic mass is 10.2. The highest BCUT2D eigenvalue weighted by Crippen LogP contribution is 2.24. The molecule has 1 aliphatic rings. The molecule has 0 aliphatic carbocycles. The van der Waals surface area contributed by atoms with Gasteiger partial charge in [-0.1, -0.05) is 13.8 Å². The molecular weight excluding hydrogens is 174 g/mol. The first-order chi connectivity index (χ1) is 5.65. The minimum atomic E-state index is -0.148. The molecule has 2 atom stereocenters. The van der Waals surface area contributed by atoms with Crippen LogP contribution in [-0.4, -0.2) is 30.2 Å². The Labute approximate surface area is 77.2 Å². The highest BCUT2D eigenvalue weighted by molar-refractivity contribution is 8.00. The van der Waals surface area contributed by atoms with Crippen LogP contribution in [0.1, 0.15) is 13.8 Å². The van der Waals surface area contributed by atoms with Crippen molar-refractivity contribution in [1.29, 1.82) is 0 Å². The van der Waals surface area contributed by atoms with E-state index in [0.717, 1.165) is 5.75 Å². The minimum Gasteiger partial charge on any atom is -0.468 e. The average Bonchev–Trinajstić information content (AvgIpc) is 2.51. The van der Waals surface area contributed by atoms with Gasteiger partial charge in [0.1, 0.15) is 6.04 Å². The Kier molecular flexibility index (Phi) is 3.40. The van der Waals surface area contributed by atoms with Crippen molar-refractivity contribution >= 4 is 17.7 Å². The third-order valence-corrected chi connectivity index (χ3v) is 3.46. The topological polar surface area (TPSA) is 38.3 Å². The van der Waals surface area contributed by atoms with Crippen LogP contribution in [0.5, 0.6) is 0 Å². The number of ether oxygens (including phenoxy) is 1. The fraction of sp³-hybridized carbons (Fsp3) is 0.875. The van der Waals surface area contributed by atoms with Crippen molar-refractivity contribution in [3.8, 4) is 0 Å². The number of carbonyl (C=O) groups is 1. The third-order valence-electron chi connectivity index (χ3n) is 1.90. The first kappa shape index (κ1) is 9.86. The number of esters is 1. The van der Waals surface area contributed by atoms with Gasteiger partial charge in [0, 0.05) is 5.75 Å². The summed E-state index contributed by atoms with van der Waals surface area (Å²) in [6.07, 6.45) is 0. The summed E-state index contributed by atoms with van der Waals surface area (Å²) < 4.78 is 4.65. The monoisotopic (exact) mass is 189 g/mol. The van der Waals surface area contributed by atoms with Crippen LogP contribution in [0.4, 0.5) is 0 Å². The SMILES string of the molecule is COC(=O)[C@@H]1CS[C@H](C(C)C)N1. The lowest BCUT2D eigenvalue weighted by molar-refractivity contribution is -0.142. The van der Waals surface area contributed by atoms with Gasteiger partial charge < -0.3 is 4.74 Å². The fourth-order valence-electron chi connectivity index (χ4n) is 1.16. The summed E-state index contributed by atoms with van der Waals surface area (Å²) in [4.78, 5) is 11.1. The van der Waals surface area contributed by atoms with Crippen molar-refractivity contribution < 1.29 is 9.53 Å². The van der Waals surface area contributed by atoms with Crippen LogP contribution < -0.4 is 5.32 Å². The number of hydrogen-bond acceptors (Lipinski definition) is 4. The lowest BCUT2D eigenvalue weighted by Crippen LogP contribution is -2.39. The first-order valence-electron chi connectivity index (χ1n) is 4.10. The van der Waals surface area contributed by atoms with Crippen LogP contribution >= 0.6 is 11.8 Å². The van der Waals surface area contributed by atoms with E-state index in [1.54, 1.807) is 11.8 Å². The number of methoxy groups -OCH3 is 1. The van der Waals surface area contributed by atoms with Gasteiger partial charge in [-0.3, -0.25) is 10.1 Å². The molecule has 3 nitrogen and oxygen atoms in total. The molecule has 0 spiro atoms. The maximum atomic E-state index is 11.1. The number of thioether (sulfide) groups is 1. The highest BCUT2D eigenvalue weighted by atomic mass is 32.2. The van der Waals surface area contributed by atoms with E-state index < -0.39 is 0 Å². The molecular formula is C8H15NO2S. The summed E-state index contributed by atoms with van der Waals surface area (Å²) in [7, 11) is 1.43. The van der Waals surface area contributed by atoms with E-state index in [-0.39, 0.29) is 12.0 Å². The fourth-order valence-corrected chi connectivity index (χ4v) is 2.44. The molecule has 0 radical (unpaired) electrons. The molecule has 0 bridgehead atoms. The van der Waals surface area contributed by atoms with Crippen LogP contribution in [-0.2, 0) is 9.53 Å². The van der Waals surface area contributed by atoms with Crippen molar-refractivity contribution in [2.75, 3.05) is 12.9 Å². The van der Waals surface area contributed by atoms with Gasteiger partial charge in [0.25, 0.3) is 0 Å². The summed E-state index contributed by atoms with van der Waals surface area (Å²) >= 11 is 1.79. The number of hydrogen-bond donors (Lipinski definition) is 1. The molecule has 1 heterocycles. The van der Waals surface area contributed by atoms with E-state index in [4.69, 9.17) is 0 Å². The van der Waals surface area contributed by atoms with E-state index in [0.29, 0.717) is 11.3 Å². The summed E-state index contributed by atoms with van der Waals surface area (Å²) in [5.74, 6) is 1.24. The summed E-state index contributed by atoms with van der Waals surface area (Å²) in [5.41, 5.74) is 0. The maximum Gasteiger partial charge on any atom is 0.323 e. The molecule has 0 unspecified atom stereocenters. The number of rotatable bonds is 2. The second-order valence-corrected chi connectivity index (χ2v) is 4.41. The van der Waals surface area contributed by atoms with Gasteiger partial charge in [-0.15, -0.1) is 11.8 Å². The van der Waals surface area contributed by atoms with Gasteiger partial charge in [0.15, 0.2) is 0 Å². The van der Waals surface area contributed by atoms with E-state index >= 15 is 0 Å². The van der Waals surface area contributed by atoms with Crippen molar-refractivity contribution in [2.24, 2.45) is 5.92 Å². The van der Waals surface area contributed by atoms with E-state index in [1.165, 1.54) is 7.11 Å². The van der Waals surface area contributed by atoms with Crippen LogP contribution in [0, 0.1) is 5.92 Å². The van der Waals surface area contributed by atoms with Crippen LogP contribution in [0.15, 0.2) is 0 Å². The third kappa shape index (κ3) is 2.14. The molecule has 1 rings (SSSR count). The van der Waals surface area contributed by atoms with Gasteiger partial charge in [0.2, 0.25) is 0 Å². The quantitative estimate of drug-likeness (QED) is 0.653. The zero-order valence-corrected chi connectivity index (χ0v) is 8.48. The molecule has 1 N–H and O–H groups in total. The predicted octanol–water partition coefficient (Wildman–Crippen LogP) is 0.846. The lowest BCUT2D eigenvalue weighted by Gasteiger charge is -2.14. The molecule has 0 aromatic heterocycles. The Morgan fingerprint density at radius 2 is 2.33 bits per heavy atom. The molecule has 1 fully saturated rings. The molecule has 0 aromatic rings. The molecule has 0 aromatic carbocycles. The van der Waals surface area contributed by atoms with Gasteiger partial charge in [-0.25, -0.2) is 0 Å². The van der Waals surface area contributed by atoms with E-state index in [2.05, 4.69) is 23.9 Å².